The first-order valence-electron chi connectivity index (χ1n) is 13.1. The molecule has 0 aromatic heterocycles. The van der Waals surface area contributed by atoms with Crippen molar-refractivity contribution in [2.75, 3.05) is 32.7 Å². The van der Waals surface area contributed by atoms with Gasteiger partial charge < -0.3 is 10.2 Å². The SMILES string of the molecule is O=C(CCc1ccc(S(=O)(=O)N2CCCCCC2)cc1)NC1CCN(CC2CCCC2)CC1. The van der Waals surface area contributed by atoms with Crippen LogP contribution >= 0.6 is 0 Å². The third kappa shape index (κ3) is 7.03. The van der Waals surface area contributed by atoms with Crippen molar-refractivity contribution in [2.45, 2.75) is 88.0 Å². The Hall–Kier alpha value is -1.44. The van der Waals surface area contributed by atoms with Gasteiger partial charge in [-0.05, 0) is 68.6 Å². The van der Waals surface area contributed by atoms with Gasteiger partial charge in [0.15, 0.2) is 0 Å². The Balaban J connectivity index is 1.19. The number of sulfonamides is 1. The van der Waals surface area contributed by atoms with Crippen LogP contribution in [-0.4, -0.2) is 62.3 Å². The van der Waals surface area contributed by atoms with Crippen LogP contribution < -0.4 is 5.32 Å². The van der Waals surface area contributed by atoms with Crippen LogP contribution in [0.3, 0.4) is 0 Å². The molecule has 3 aliphatic rings. The van der Waals surface area contributed by atoms with Gasteiger partial charge in [-0.1, -0.05) is 37.8 Å². The smallest absolute Gasteiger partial charge is 0.243 e. The van der Waals surface area contributed by atoms with Gasteiger partial charge in [0.1, 0.15) is 0 Å². The molecule has 1 amide bonds. The van der Waals surface area contributed by atoms with Gasteiger partial charge in [-0.2, -0.15) is 4.31 Å². The van der Waals surface area contributed by atoms with Gasteiger partial charge in [-0.15, -0.1) is 0 Å². The maximum Gasteiger partial charge on any atom is 0.243 e. The number of nitrogens with zero attached hydrogens (tertiary/aromatic N) is 2. The molecule has 0 spiro atoms. The molecule has 0 atom stereocenters. The van der Waals surface area contributed by atoms with Crippen LogP contribution in [0.25, 0.3) is 0 Å². The third-order valence-corrected chi connectivity index (χ3v) is 9.62. The zero-order chi connectivity index (χ0) is 23.1. The number of benzene rings is 1. The molecule has 33 heavy (non-hydrogen) atoms. The van der Waals surface area contributed by atoms with Crippen molar-refractivity contribution in [3.63, 3.8) is 0 Å². The second-order valence-corrected chi connectivity index (χ2v) is 12.2. The molecule has 0 unspecified atom stereocenters. The minimum Gasteiger partial charge on any atom is -0.353 e. The van der Waals surface area contributed by atoms with E-state index in [9.17, 15) is 13.2 Å². The van der Waals surface area contributed by atoms with Crippen LogP contribution in [0.1, 0.15) is 76.2 Å². The van der Waals surface area contributed by atoms with Crippen LogP contribution in [0.5, 0.6) is 0 Å². The normalized spacial score (nSPS) is 22.3. The highest BCUT2D eigenvalue weighted by molar-refractivity contribution is 7.89. The number of piperidine rings is 1. The first-order chi connectivity index (χ1) is 16.0. The van der Waals surface area contributed by atoms with E-state index in [1.807, 2.05) is 12.1 Å². The molecule has 184 valence electrons. The predicted molar refractivity (Wildman–Crippen MR) is 132 cm³/mol. The minimum absolute atomic E-state index is 0.102. The molecular formula is C26H41N3O3S. The fourth-order valence-electron chi connectivity index (χ4n) is 5.63. The number of hydrogen-bond donors (Lipinski definition) is 1. The first kappa shape index (κ1) is 24.7. The van der Waals surface area contributed by atoms with Crippen LogP contribution in [-0.2, 0) is 21.2 Å². The van der Waals surface area contributed by atoms with Gasteiger partial charge >= 0.3 is 0 Å². The Morgan fingerprint density at radius 2 is 1.48 bits per heavy atom. The van der Waals surface area contributed by atoms with E-state index in [-0.39, 0.29) is 5.91 Å². The number of carbonyl (C=O) groups is 1. The van der Waals surface area contributed by atoms with Crippen molar-refractivity contribution < 1.29 is 13.2 Å². The average molecular weight is 476 g/mol. The van der Waals surface area contributed by atoms with Crippen molar-refractivity contribution in [2.24, 2.45) is 5.92 Å². The quantitative estimate of drug-likeness (QED) is 0.618. The number of rotatable bonds is 8. The molecule has 1 saturated carbocycles. The molecule has 0 bridgehead atoms. The number of aryl methyl sites for hydroxylation is 1. The summed E-state index contributed by atoms with van der Waals surface area (Å²) in [7, 11) is -3.41. The lowest BCUT2D eigenvalue weighted by molar-refractivity contribution is -0.122. The predicted octanol–water partition coefficient (Wildman–Crippen LogP) is 3.95. The maximum absolute atomic E-state index is 12.9. The van der Waals surface area contributed by atoms with E-state index in [1.54, 1.807) is 16.4 Å². The zero-order valence-corrected chi connectivity index (χ0v) is 20.8. The second-order valence-electron chi connectivity index (χ2n) is 10.3. The summed E-state index contributed by atoms with van der Waals surface area (Å²) < 4.78 is 27.5. The molecule has 2 saturated heterocycles. The van der Waals surface area contributed by atoms with E-state index in [2.05, 4.69) is 10.2 Å². The van der Waals surface area contributed by atoms with E-state index in [0.29, 0.717) is 36.9 Å². The fourth-order valence-corrected chi connectivity index (χ4v) is 7.15. The molecule has 1 aliphatic carbocycles. The topological polar surface area (TPSA) is 69.7 Å². The summed E-state index contributed by atoms with van der Waals surface area (Å²) in [5, 5.41) is 3.22. The van der Waals surface area contributed by atoms with Crippen molar-refractivity contribution >= 4 is 15.9 Å². The molecule has 1 aromatic rings. The lowest BCUT2D eigenvalue weighted by atomic mass is 10.0. The number of amides is 1. The molecule has 2 aliphatic heterocycles. The van der Waals surface area contributed by atoms with Crippen molar-refractivity contribution in [1.82, 2.24) is 14.5 Å². The second kappa shape index (κ2) is 11.8. The Morgan fingerprint density at radius 3 is 2.12 bits per heavy atom. The largest absolute Gasteiger partial charge is 0.353 e. The van der Waals surface area contributed by atoms with Crippen LogP contribution in [0.4, 0.5) is 0 Å². The number of carbonyl (C=O) groups excluding carboxylic acids is 1. The van der Waals surface area contributed by atoms with Crippen molar-refractivity contribution in [3.8, 4) is 0 Å². The van der Waals surface area contributed by atoms with Gasteiger partial charge in [0.25, 0.3) is 0 Å². The summed E-state index contributed by atoms with van der Waals surface area (Å²) in [6.45, 7) is 4.65. The van der Waals surface area contributed by atoms with Crippen LogP contribution in [0.2, 0.25) is 0 Å². The van der Waals surface area contributed by atoms with Crippen molar-refractivity contribution in [1.29, 1.82) is 0 Å². The molecule has 6 nitrogen and oxygen atoms in total. The highest BCUT2D eigenvalue weighted by atomic mass is 32.2. The molecule has 1 aromatic carbocycles. The number of hydrogen-bond acceptors (Lipinski definition) is 4. The molecule has 4 rings (SSSR count). The standard InChI is InChI=1S/C26H41N3O3S/c30-26(27-24-15-19-28(20-16-24)21-23-7-3-4-8-23)14-11-22-9-12-25(13-10-22)33(31,32)29-17-5-1-2-6-18-29/h9-10,12-13,23-24H,1-8,11,14-21H2,(H,27,30). The van der Waals surface area contributed by atoms with Crippen LogP contribution in [0.15, 0.2) is 29.2 Å². The lowest BCUT2D eigenvalue weighted by Gasteiger charge is -2.33. The highest BCUT2D eigenvalue weighted by Crippen LogP contribution is 2.26. The molecule has 1 N–H and O–H groups in total. The van der Waals surface area contributed by atoms with E-state index in [1.165, 1.54) is 32.2 Å². The van der Waals surface area contributed by atoms with Gasteiger partial charge in [-0.3, -0.25) is 4.79 Å². The average Bonchev–Trinajstić information content (AvgIpc) is 3.17. The maximum atomic E-state index is 12.9. The summed E-state index contributed by atoms with van der Waals surface area (Å²) in [5.74, 6) is 0.993. The van der Waals surface area contributed by atoms with Gasteiger partial charge in [-0.25, -0.2) is 8.42 Å². The Kier molecular flexibility index (Phi) is 8.83. The summed E-state index contributed by atoms with van der Waals surface area (Å²) >= 11 is 0. The van der Waals surface area contributed by atoms with Crippen molar-refractivity contribution in [3.05, 3.63) is 29.8 Å². The fraction of sp³-hybridized carbons (Fsp3) is 0.731. The number of nitrogens with one attached hydrogen (secondary N) is 1. The molecular weight excluding hydrogens is 434 g/mol. The van der Waals surface area contributed by atoms with E-state index in [0.717, 1.165) is 63.1 Å². The first-order valence-corrected chi connectivity index (χ1v) is 14.6. The summed E-state index contributed by atoms with van der Waals surface area (Å²) in [5.41, 5.74) is 1.01. The summed E-state index contributed by atoms with van der Waals surface area (Å²) in [6.07, 6.45) is 12.8. The Morgan fingerprint density at radius 1 is 0.848 bits per heavy atom. The lowest BCUT2D eigenvalue weighted by Crippen LogP contribution is -2.45. The van der Waals surface area contributed by atoms with E-state index in [4.69, 9.17) is 0 Å². The molecule has 0 radical (unpaired) electrons. The molecule has 3 fully saturated rings. The minimum atomic E-state index is -3.41. The van der Waals surface area contributed by atoms with Gasteiger partial charge in [0, 0.05) is 45.2 Å². The summed E-state index contributed by atoms with van der Waals surface area (Å²) in [4.78, 5) is 15.4. The molecule has 2 heterocycles. The highest BCUT2D eigenvalue weighted by Gasteiger charge is 2.26. The third-order valence-electron chi connectivity index (χ3n) is 7.71. The van der Waals surface area contributed by atoms with Crippen LogP contribution in [0, 0.1) is 5.92 Å². The van der Waals surface area contributed by atoms with E-state index >= 15 is 0 Å². The molecule has 7 heteroatoms. The Labute approximate surface area is 200 Å². The zero-order valence-electron chi connectivity index (χ0n) is 20.0. The van der Waals surface area contributed by atoms with E-state index < -0.39 is 10.0 Å². The Bertz CT molecular complexity index is 849. The number of likely N-dealkylation sites (tertiary alicyclic amines) is 1. The van der Waals surface area contributed by atoms with Gasteiger partial charge in [0.2, 0.25) is 15.9 Å². The summed E-state index contributed by atoms with van der Waals surface area (Å²) in [6, 6.07) is 7.42. The monoisotopic (exact) mass is 475 g/mol. The van der Waals surface area contributed by atoms with Gasteiger partial charge in [0.05, 0.1) is 4.90 Å².